The van der Waals surface area contributed by atoms with Crippen molar-refractivity contribution in [2.24, 2.45) is 5.92 Å². The molecule has 1 unspecified atom stereocenters. The zero-order valence-electron chi connectivity index (χ0n) is 9.61. The fraction of sp³-hybridized carbons (Fsp3) is 0.417. The van der Waals surface area contributed by atoms with E-state index in [0.717, 1.165) is 0 Å². The number of benzene rings is 1. The Labute approximate surface area is 98.0 Å². The lowest BCUT2D eigenvalue weighted by Gasteiger charge is -2.12. The topological polar surface area (TPSA) is 46.5 Å². The van der Waals surface area contributed by atoms with E-state index in [-0.39, 0.29) is 12.0 Å². The number of rotatable bonds is 5. The second kappa shape index (κ2) is 5.61. The van der Waals surface area contributed by atoms with Crippen molar-refractivity contribution in [3.63, 3.8) is 0 Å². The molecule has 0 fully saturated rings. The highest BCUT2D eigenvalue weighted by molar-refractivity contribution is 5.70. The minimum Gasteiger partial charge on any atom is -0.496 e. The zero-order chi connectivity index (χ0) is 13.0. The van der Waals surface area contributed by atoms with E-state index in [0.29, 0.717) is 11.3 Å². The maximum atomic E-state index is 12.5. The van der Waals surface area contributed by atoms with E-state index in [1.165, 1.54) is 25.3 Å². The molecule has 0 aliphatic heterocycles. The minimum atomic E-state index is -2.56. The van der Waals surface area contributed by atoms with Crippen LogP contribution in [0.15, 0.2) is 18.2 Å². The molecule has 0 saturated carbocycles. The highest BCUT2D eigenvalue weighted by Crippen LogP contribution is 2.28. The van der Waals surface area contributed by atoms with Gasteiger partial charge in [-0.3, -0.25) is 4.79 Å². The van der Waals surface area contributed by atoms with Crippen LogP contribution in [-0.2, 0) is 11.2 Å². The molecule has 0 saturated heterocycles. The van der Waals surface area contributed by atoms with Crippen molar-refractivity contribution in [3.05, 3.63) is 29.3 Å². The highest BCUT2D eigenvalue weighted by atomic mass is 19.3. The largest absolute Gasteiger partial charge is 0.496 e. The Morgan fingerprint density at radius 1 is 1.47 bits per heavy atom. The van der Waals surface area contributed by atoms with Crippen LogP contribution < -0.4 is 4.74 Å². The molecule has 1 aromatic carbocycles. The number of carboxylic acids is 1. The lowest BCUT2D eigenvalue weighted by atomic mass is 9.99. The predicted molar refractivity (Wildman–Crippen MR) is 58.5 cm³/mol. The van der Waals surface area contributed by atoms with Crippen molar-refractivity contribution in [2.45, 2.75) is 19.8 Å². The average Bonchev–Trinajstić information content (AvgIpc) is 2.28. The molecule has 0 aliphatic carbocycles. The summed E-state index contributed by atoms with van der Waals surface area (Å²) in [6.45, 7) is 1.56. The number of hydrogen-bond donors (Lipinski definition) is 1. The van der Waals surface area contributed by atoms with Gasteiger partial charge in [-0.05, 0) is 18.1 Å². The molecule has 1 atom stereocenters. The van der Waals surface area contributed by atoms with Gasteiger partial charge >= 0.3 is 5.97 Å². The number of carbonyl (C=O) groups is 1. The Kier molecular flexibility index (Phi) is 4.43. The Hall–Kier alpha value is -1.65. The van der Waals surface area contributed by atoms with Crippen molar-refractivity contribution in [1.29, 1.82) is 0 Å². The van der Waals surface area contributed by atoms with Crippen molar-refractivity contribution in [2.75, 3.05) is 7.11 Å². The Bertz CT molecular complexity index is 405. The molecule has 1 rings (SSSR count). The van der Waals surface area contributed by atoms with Gasteiger partial charge in [-0.2, -0.15) is 0 Å². The molecule has 0 aromatic heterocycles. The molecule has 0 spiro atoms. The minimum absolute atomic E-state index is 0.131. The first-order valence-corrected chi connectivity index (χ1v) is 5.13. The summed E-state index contributed by atoms with van der Waals surface area (Å²) >= 11 is 0. The Morgan fingerprint density at radius 2 is 2.12 bits per heavy atom. The molecule has 0 bridgehead atoms. The maximum Gasteiger partial charge on any atom is 0.306 e. The van der Waals surface area contributed by atoms with Gasteiger partial charge in [-0.25, -0.2) is 8.78 Å². The van der Waals surface area contributed by atoms with Crippen LogP contribution in [0, 0.1) is 5.92 Å². The van der Waals surface area contributed by atoms with Crippen LogP contribution in [0.3, 0.4) is 0 Å². The van der Waals surface area contributed by atoms with Crippen molar-refractivity contribution >= 4 is 5.97 Å². The van der Waals surface area contributed by atoms with Crippen LogP contribution in [0.25, 0.3) is 0 Å². The molecular formula is C12H14F2O3. The Balaban J connectivity index is 2.96. The summed E-state index contributed by atoms with van der Waals surface area (Å²) in [4.78, 5) is 10.7. The molecule has 0 aliphatic rings. The fourth-order valence-corrected chi connectivity index (χ4v) is 1.48. The molecule has 17 heavy (non-hydrogen) atoms. The van der Waals surface area contributed by atoms with E-state index in [1.807, 2.05) is 0 Å². The molecule has 1 aromatic rings. The van der Waals surface area contributed by atoms with E-state index < -0.39 is 18.3 Å². The van der Waals surface area contributed by atoms with Gasteiger partial charge < -0.3 is 9.84 Å². The normalized spacial score (nSPS) is 12.5. The molecule has 0 heterocycles. The van der Waals surface area contributed by atoms with Crippen LogP contribution in [0.4, 0.5) is 8.78 Å². The number of alkyl halides is 2. The van der Waals surface area contributed by atoms with E-state index in [1.54, 1.807) is 6.92 Å². The van der Waals surface area contributed by atoms with Gasteiger partial charge in [0.05, 0.1) is 13.0 Å². The summed E-state index contributed by atoms with van der Waals surface area (Å²) in [5, 5.41) is 8.79. The second-order valence-electron chi connectivity index (χ2n) is 3.82. The average molecular weight is 244 g/mol. The van der Waals surface area contributed by atoms with Gasteiger partial charge in [0.25, 0.3) is 6.43 Å². The number of hydrogen-bond acceptors (Lipinski definition) is 2. The molecule has 0 amide bonds. The molecule has 5 heteroatoms. The van der Waals surface area contributed by atoms with E-state index in [2.05, 4.69) is 0 Å². The number of aliphatic carboxylic acids is 1. The highest BCUT2D eigenvalue weighted by Gasteiger charge is 2.16. The van der Waals surface area contributed by atoms with Gasteiger partial charge in [-0.1, -0.05) is 19.1 Å². The summed E-state index contributed by atoms with van der Waals surface area (Å²) < 4.78 is 29.9. The summed E-state index contributed by atoms with van der Waals surface area (Å²) in [5.41, 5.74) is 0.486. The van der Waals surface area contributed by atoms with Gasteiger partial charge in [0.2, 0.25) is 0 Å². The first-order valence-electron chi connectivity index (χ1n) is 5.13. The number of halogens is 2. The molecule has 3 nitrogen and oxygen atoms in total. The van der Waals surface area contributed by atoms with E-state index >= 15 is 0 Å². The monoisotopic (exact) mass is 244 g/mol. The van der Waals surface area contributed by atoms with Crippen LogP contribution >= 0.6 is 0 Å². The third-order valence-corrected chi connectivity index (χ3v) is 2.51. The lowest BCUT2D eigenvalue weighted by Crippen LogP contribution is -2.12. The van der Waals surface area contributed by atoms with Gasteiger partial charge in [0, 0.05) is 5.56 Å². The lowest BCUT2D eigenvalue weighted by molar-refractivity contribution is -0.141. The van der Waals surface area contributed by atoms with Crippen LogP contribution in [-0.4, -0.2) is 18.2 Å². The smallest absolute Gasteiger partial charge is 0.306 e. The summed E-state index contributed by atoms with van der Waals surface area (Å²) in [6.07, 6.45) is -2.31. The SMILES string of the molecule is COc1cc(C(F)F)ccc1CC(C)C(=O)O. The van der Waals surface area contributed by atoms with E-state index in [4.69, 9.17) is 9.84 Å². The second-order valence-corrected chi connectivity index (χ2v) is 3.82. The fourth-order valence-electron chi connectivity index (χ4n) is 1.48. The van der Waals surface area contributed by atoms with Crippen LogP contribution in [0.5, 0.6) is 5.75 Å². The van der Waals surface area contributed by atoms with Crippen LogP contribution in [0.1, 0.15) is 24.5 Å². The number of carboxylic acid groups (broad SMARTS) is 1. The molecule has 1 N–H and O–H groups in total. The third-order valence-electron chi connectivity index (χ3n) is 2.51. The summed E-state index contributed by atoms with van der Waals surface area (Å²) in [7, 11) is 1.37. The maximum absolute atomic E-state index is 12.5. The Morgan fingerprint density at radius 3 is 2.59 bits per heavy atom. The third kappa shape index (κ3) is 3.41. The standard InChI is InChI=1S/C12H14F2O3/c1-7(12(15)16)5-8-3-4-9(11(13)14)6-10(8)17-2/h3-4,6-7,11H,5H2,1-2H3,(H,15,16). The summed E-state index contributed by atoms with van der Waals surface area (Å²) in [5.74, 6) is -1.21. The predicted octanol–water partition coefficient (Wildman–Crippen LogP) is 2.90. The van der Waals surface area contributed by atoms with Crippen molar-refractivity contribution < 1.29 is 23.4 Å². The van der Waals surface area contributed by atoms with Crippen LogP contribution in [0.2, 0.25) is 0 Å². The van der Waals surface area contributed by atoms with Gasteiger partial charge in [0.15, 0.2) is 0 Å². The molecule has 94 valence electrons. The molecule has 0 radical (unpaired) electrons. The molecular weight excluding hydrogens is 230 g/mol. The first-order chi connectivity index (χ1) is 7.95. The summed E-state index contributed by atoms with van der Waals surface area (Å²) in [6, 6.07) is 4.02. The van der Waals surface area contributed by atoms with Crippen molar-refractivity contribution in [1.82, 2.24) is 0 Å². The number of methoxy groups -OCH3 is 1. The van der Waals surface area contributed by atoms with E-state index in [9.17, 15) is 13.6 Å². The quantitative estimate of drug-likeness (QED) is 0.866. The zero-order valence-corrected chi connectivity index (χ0v) is 9.61. The van der Waals surface area contributed by atoms with Gasteiger partial charge in [-0.15, -0.1) is 0 Å². The first kappa shape index (κ1) is 13.4. The van der Waals surface area contributed by atoms with Crippen molar-refractivity contribution in [3.8, 4) is 5.75 Å². The number of ether oxygens (including phenoxy) is 1. The van der Waals surface area contributed by atoms with Gasteiger partial charge in [0.1, 0.15) is 5.75 Å².